The number of halogens is 1. The standard InChI is InChI=1S/C13H23FO3S/c1-9-5-10-3-2-4-11(6-10)13(9)7-12(14)8-18(15,16)17/h9-13H,2-8H2,1H3,(H,15,16,17). The predicted molar refractivity (Wildman–Crippen MR) is 68.6 cm³/mol. The highest BCUT2D eigenvalue weighted by atomic mass is 32.2. The van der Waals surface area contributed by atoms with Crippen LogP contribution in [0.4, 0.5) is 4.39 Å². The Kier molecular flexibility index (Phi) is 4.32. The molecule has 0 amide bonds. The highest BCUT2D eigenvalue weighted by Gasteiger charge is 2.39. The van der Waals surface area contributed by atoms with Gasteiger partial charge < -0.3 is 0 Å². The van der Waals surface area contributed by atoms with E-state index < -0.39 is 22.0 Å². The largest absolute Gasteiger partial charge is 0.285 e. The van der Waals surface area contributed by atoms with Crippen LogP contribution in [0.3, 0.4) is 0 Å². The Bertz CT molecular complexity index is 380. The lowest BCUT2D eigenvalue weighted by atomic mass is 9.61. The molecular formula is C13H23FO3S. The molecule has 3 nitrogen and oxygen atoms in total. The Balaban J connectivity index is 1.95. The SMILES string of the molecule is CC1CC2CCCC(C2)C1CC(F)CS(=O)(=O)O. The summed E-state index contributed by atoms with van der Waals surface area (Å²) in [5, 5.41) is 0. The number of rotatable bonds is 4. The van der Waals surface area contributed by atoms with Crippen LogP contribution in [0.25, 0.3) is 0 Å². The van der Waals surface area contributed by atoms with E-state index >= 15 is 0 Å². The minimum absolute atomic E-state index is 0.290. The Hall–Kier alpha value is -0.160. The zero-order chi connectivity index (χ0) is 13.3. The maximum absolute atomic E-state index is 13.7. The van der Waals surface area contributed by atoms with Gasteiger partial charge in [0.25, 0.3) is 10.1 Å². The molecule has 0 aliphatic heterocycles. The Morgan fingerprint density at radius 2 is 2.06 bits per heavy atom. The van der Waals surface area contributed by atoms with Crippen LogP contribution in [0.15, 0.2) is 0 Å². The van der Waals surface area contributed by atoms with E-state index in [1.165, 1.54) is 19.3 Å². The molecule has 5 unspecified atom stereocenters. The first-order valence-electron chi connectivity index (χ1n) is 6.94. The van der Waals surface area contributed by atoms with Crippen molar-refractivity contribution in [1.82, 2.24) is 0 Å². The summed E-state index contributed by atoms with van der Waals surface area (Å²) in [6, 6.07) is 0. The van der Waals surface area contributed by atoms with E-state index in [0.29, 0.717) is 24.2 Å². The molecule has 0 radical (unpaired) electrons. The molecule has 0 saturated heterocycles. The number of fused-ring (bicyclic) bond motifs is 2. The lowest BCUT2D eigenvalue weighted by Gasteiger charge is -2.44. The van der Waals surface area contributed by atoms with Crippen molar-refractivity contribution in [3.8, 4) is 0 Å². The molecule has 106 valence electrons. The van der Waals surface area contributed by atoms with Crippen LogP contribution < -0.4 is 0 Å². The van der Waals surface area contributed by atoms with Gasteiger partial charge in [0.15, 0.2) is 0 Å². The van der Waals surface area contributed by atoms with Gasteiger partial charge in [-0.05, 0) is 42.9 Å². The van der Waals surface area contributed by atoms with Gasteiger partial charge in [0, 0.05) is 0 Å². The Morgan fingerprint density at radius 1 is 1.33 bits per heavy atom. The lowest BCUT2D eigenvalue weighted by Crippen LogP contribution is -2.36. The second-order valence-corrected chi connectivity index (χ2v) is 7.75. The molecule has 2 rings (SSSR count). The summed E-state index contributed by atoms with van der Waals surface area (Å²) in [5.74, 6) is 1.39. The minimum atomic E-state index is -4.19. The van der Waals surface area contributed by atoms with Gasteiger partial charge in [-0.3, -0.25) is 4.55 Å². The third kappa shape index (κ3) is 3.67. The summed E-state index contributed by atoms with van der Waals surface area (Å²) in [5.41, 5.74) is 0. The van der Waals surface area contributed by atoms with E-state index in [2.05, 4.69) is 6.92 Å². The van der Waals surface area contributed by atoms with E-state index in [9.17, 15) is 12.8 Å². The van der Waals surface area contributed by atoms with E-state index in [-0.39, 0.29) is 0 Å². The van der Waals surface area contributed by atoms with Crippen molar-refractivity contribution in [2.75, 3.05) is 5.75 Å². The molecule has 0 heterocycles. The molecule has 2 bridgehead atoms. The highest BCUT2D eigenvalue weighted by molar-refractivity contribution is 7.85. The van der Waals surface area contributed by atoms with Crippen LogP contribution in [0.2, 0.25) is 0 Å². The molecule has 2 aliphatic carbocycles. The van der Waals surface area contributed by atoms with Crippen LogP contribution >= 0.6 is 0 Å². The Morgan fingerprint density at radius 3 is 2.72 bits per heavy atom. The van der Waals surface area contributed by atoms with Gasteiger partial charge in [-0.2, -0.15) is 8.42 Å². The average molecular weight is 278 g/mol. The quantitative estimate of drug-likeness (QED) is 0.804. The van der Waals surface area contributed by atoms with E-state index in [0.717, 1.165) is 18.8 Å². The van der Waals surface area contributed by atoms with Crippen LogP contribution in [-0.4, -0.2) is 24.9 Å². The summed E-state index contributed by atoms with van der Waals surface area (Å²) < 4.78 is 43.8. The van der Waals surface area contributed by atoms with Crippen molar-refractivity contribution in [3.05, 3.63) is 0 Å². The summed E-state index contributed by atoms with van der Waals surface area (Å²) >= 11 is 0. The number of hydrogen-bond donors (Lipinski definition) is 1. The molecule has 5 atom stereocenters. The second kappa shape index (κ2) is 5.45. The fourth-order valence-corrected chi connectivity index (χ4v) is 4.71. The van der Waals surface area contributed by atoms with Crippen molar-refractivity contribution in [2.45, 2.75) is 51.6 Å². The maximum Gasteiger partial charge on any atom is 0.267 e. The summed E-state index contributed by atoms with van der Waals surface area (Å²) in [7, 11) is -4.19. The molecule has 1 N–H and O–H groups in total. The van der Waals surface area contributed by atoms with Crippen molar-refractivity contribution in [3.63, 3.8) is 0 Å². The van der Waals surface area contributed by atoms with Crippen LogP contribution in [-0.2, 0) is 10.1 Å². The molecule has 18 heavy (non-hydrogen) atoms. The molecule has 0 spiro atoms. The normalized spacial score (nSPS) is 38.4. The lowest BCUT2D eigenvalue weighted by molar-refractivity contribution is 0.0515. The predicted octanol–water partition coefficient (Wildman–Crippen LogP) is 3.06. The van der Waals surface area contributed by atoms with Crippen molar-refractivity contribution in [2.24, 2.45) is 23.7 Å². The first-order chi connectivity index (χ1) is 8.35. The zero-order valence-electron chi connectivity index (χ0n) is 10.9. The van der Waals surface area contributed by atoms with Gasteiger partial charge in [-0.1, -0.05) is 26.2 Å². The smallest absolute Gasteiger partial charge is 0.267 e. The van der Waals surface area contributed by atoms with Crippen LogP contribution in [0.5, 0.6) is 0 Å². The monoisotopic (exact) mass is 278 g/mol. The molecule has 0 aromatic rings. The summed E-state index contributed by atoms with van der Waals surface area (Å²) in [6.07, 6.45) is 4.90. The average Bonchev–Trinajstić information content (AvgIpc) is 2.22. The summed E-state index contributed by atoms with van der Waals surface area (Å²) in [6.45, 7) is 2.16. The van der Waals surface area contributed by atoms with E-state index in [1.54, 1.807) is 0 Å². The van der Waals surface area contributed by atoms with Gasteiger partial charge in [0.05, 0.1) is 0 Å². The number of hydrogen-bond acceptors (Lipinski definition) is 2. The van der Waals surface area contributed by atoms with Gasteiger partial charge in [0.1, 0.15) is 11.9 Å². The Labute approximate surface area is 109 Å². The topological polar surface area (TPSA) is 54.4 Å². The fourth-order valence-electron chi connectivity index (χ4n) is 4.12. The maximum atomic E-state index is 13.7. The molecular weight excluding hydrogens is 255 g/mol. The van der Waals surface area contributed by atoms with Gasteiger partial charge >= 0.3 is 0 Å². The molecule has 2 fully saturated rings. The van der Waals surface area contributed by atoms with Crippen molar-refractivity contribution >= 4 is 10.1 Å². The van der Waals surface area contributed by atoms with Gasteiger partial charge in [0.2, 0.25) is 0 Å². The first kappa shape index (κ1) is 14.3. The van der Waals surface area contributed by atoms with Crippen molar-refractivity contribution in [1.29, 1.82) is 0 Å². The summed E-state index contributed by atoms with van der Waals surface area (Å²) in [4.78, 5) is 0. The first-order valence-corrected chi connectivity index (χ1v) is 8.55. The van der Waals surface area contributed by atoms with Crippen molar-refractivity contribution < 1.29 is 17.4 Å². The van der Waals surface area contributed by atoms with Gasteiger partial charge in [-0.25, -0.2) is 4.39 Å². The molecule has 0 aromatic carbocycles. The fraction of sp³-hybridized carbons (Fsp3) is 1.00. The van der Waals surface area contributed by atoms with Gasteiger partial charge in [-0.15, -0.1) is 0 Å². The molecule has 2 saturated carbocycles. The zero-order valence-corrected chi connectivity index (χ0v) is 11.7. The molecule has 5 heteroatoms. The second-order valence-electron chi connectivity index (χ2n) is 6.25. The third-order valence-electron chi connectivity index (χ3n) is 4.78. The van der Waals surface area contributed by atoms with Crippen LogP contribution in [0.1, 0.15) is 45.4 Å². The van der Waals surface area contributed by atoms with E-state index in [1.807, 2.05) is 0 Å². The van der Waals surface area contributed by atoms with Crippen LogP contribution in [0, 0.1) is 23.7 Å². The number of alkyl halides is 1. The van der Waals surface area contributed by atoms with E-state index in [4.69, 9.17) is 4.55 Å². The molecule has 0 aromatic heterocycles. The highest BCUT2D eigenvalue weighted by Crippen LogP contribution is 2.47. The molecule has 2 aliphatic rings. The third-order valence-corrected chi connectivity index (χ3v) is 5.57. The minimum Gasteiger partial charge on any atom is -0.285 e.